The van der Waals surface area contributed by atoms with E-state index < -0.39 is 37.3 Å². The van der Waals surface area contributed by atoms with Gasteiger partial charge in [0.2, 0.25) is 0 Å². The average Bonchev–Trinajstić information content (AvgIpc) is 2.46. The number of aliphatic hydroxyl groups excluding tert-OH is 4. The number of hydrogen-bond acceptors (Lipinski definition) is 6. The monoisotopic (exact) mass is 208 g/mol. The van der Waals surface area contributed by atoms with Gasteiger partial charge in [-0.2, -0.15) is 0 Å². The van der Waals surface area contributed by atoms with Gasteiger partial charge in [0.1, 0.15) is 24.4 Å². The largest absolute Gasteiger partial charge is 0.394 e. The van der Waals surface area contributed by atoms with Gasteiger partial charge in [0.25, 0.3) is 0 Å². The number of aliphatic hydroxyl groups is 4. The molecule has 0 bridgehead atoms. The zero-order valence-corrected chi connectivity index (χ0v) is 7.91. The van der Waals surface area contributed by atoms with E-state index in [0.29, 0.717) is 6.61 Å². The topological polar surface area (TPSA) is 99.4 Å². The van der Waals surface area contributed by atoms with Crippen LogP contribution in [0, 0.1) is 0 Å². The van der Waals surface area contributed by atoms with Crippen LogP contribution in [0.15, 0.2) is 0 Å². The Hall–Kier alpha value is -0.240. The number of ether oxygens (including phenoxy) is 2. The van der Waals surface area contributed by atoms with Gasteiger partial charge in [-0.3, -0.25) is 0 Å². The van der Waals surface area contributed by atoms with Crippen LogP contribution in [0.4, 0.5) is 0 Å². The van der Waals surface area contributed by atoms with E-state index in [-0.39, 0.29) is 0 Å². The van der Waals surface area contributed by atoms with Gasteiger partial charge >= 0.3 is 0 Å². The van der Waals surface area contributed by atoms with Gasteiger partial charge in [0, 0.05) is 6.61 Å². The minimum absolute atomic E-state index is 0.330. The van der Waals surface area contributed by atoms with Crippen LogP contribution in [0.1, 0.15) is 6.92 Å². The molecule has 0 aromatic heterocycles. The Balaban J connectivity index is 2.57. The molecule has 14 heavy (non-hydrogen) atoms. The molecule has 0 amide bonds. The van der Waals surface area contributed by atoms with Crippen molar-refractivity contribution in [1.82, 2.24) is 0 Å². The molecular formula is C8H16O6. The molecule has 1 aliphatic rings. The quantitative estimate of drug-likeness (QED) is 0.419. The highest BCUT2D eigenvalue weighted by Gasteiger charge is 2.46. The average molecular weight is 208 g/mol. The van der Waals surface area contributed by atoms with E-state index in [0.717, 1.165) is 0 Å². The summed E-state index contributed by atoms with van der Waals surface area (Å²) in [7, 11) is 0. The third kappa shape index (κ3) is 2.22. The molecular weight excluding hydrogens is 192 g/mol. The van der Waals surface area contributed by atoms with Crippen molar-refractivity contribution in [3.8, 4) is 0 Å². The highest BCUT2D eigenvalue weighted by Crippen LogP contribution is 2.24. The highest BCUT2D eigenvalue weighted by atomic mass is 16.7. The van der Waals surface area contributed by atoms with Crippen molar-refractivity contribution < 1.29 is 29.9 Å². The molecule has 1 saturated heterocycles. The van der Waals surface area contributed by atoms with Gasteiger partial charge in [0.05, 0.1) is 6.61 Å². The SMILES string of the molecule is CCOC1O[C@@H]([C@H](O)CO)[C@H](O)[C@H]1O. The first kappa shape index (κ1) is 11.8. The molecule has 84 valence electrons. The standard InChI is InChI=1S/C8H16O6/c1-2-13-8-6(12)5(11)7(14-8)4(10)3-9/h4-12H,2-3H2,1H3/t4-,5-,6-,7+,8?/m1/s1. The summed E-state index contributed by atoms with van der Waals surface area (Å²) < 4.78 is 10.0. The van der Waals surface area contributed by atoms with Crippen LogP contribution in [0.2, 0.25) is 0 Å². The summed E-state index contributed by atoms with van der Waals surface area (Å²) in [4.78, 5) is 0. The Morgan fingerprint density at radius 3 is 2.50 bits per heavy atom. The van der Waals surface area contributed by atoms with Gasteiger partial charge in [-0.25, -0.2) is 0 Å². The predicted octanol–water partition coefficient (Wildman–Crippen LogP) is -2.18. The van der Waals surface area contributed by atoms with Crippen LogP contribution < -0.4 is 0 Å². The van der Waals surface area contributed by atoms with Crippen LogP contribution in [-0.4, -0.2) is 64.3 Å². The molecule has 0 spiro atoms. The molecule has 0 saturated carbocycles. The molecule has 6 nitrogen and oxygen atoms in total. The van der Waals surface area contributed by atoms with Crippen molar-refractivity contribution >= 4 is 0 Å². The first-order valence-corrected chi connectivity index (χ1v) is 4.54. The van der Waals surface area contributed by atoms with Crippen molar-refractivity contribution in [1.29, 1.82) is 0 Å². The molecule has 1 aliphatic heterocycles. The molecule has 1 heterocycles. The van der Waals surface area contributed by atoms with E-state index in [2.05, 4.69) is 0 Å². The van der Waals surface area contributed by atoms with Crippen molar-refractivity contribution in [3.05, 3.63) is 0 Å². The second kappa shape index (κ2) is 5.01. The number of hydrogen-bond donors (Lipinski definition) is 4. The fourth-order valence-electron chi connectivity index (χ4n) is 1.40. The Labute approximate surface area is 81.7 Å². The van der Waals surface area contributed by atoms with Crippen molar-refractivity contribution in [2.24, 2.45) is 0 Å². The maximum absolute atomic E-state index is 9.43. The lowest BCUT2D eigenvalue weighted by atomic mass is 10.1. The Morgan fingerprint density at radius 1 is 1.36 bits per heavy atom. The van der Waals surface area contributed by atoms with Crippen LogP contribution in [0.25, 0.3) is 0 Å². The summed E-state index contributed by atoms with van der Waals surface area (Å²) in [5.74, 6) is 0. The molecule has 5 atom stereocenters. The molecule has 4 N–H and O–H groups in total. The lowest BCUT2D eigenvalue weighted by Crippen LogP contribution is -2.40. The van der Waals surface area contributed by atoms with Gasteiger partial charge < -0.3 is 29.9 Å². The fraction of sp³-hybridized carbons (Fsp3) is 1.00. The molecule has 0 radical (unpaired) electrons. The smallest absolute Gasteiger partial charge is 0.186 e. The van der Waals surface area contributed by atoms with E-state index in [1.54, 1.807) is 6.92 Å². The zero-order chi connectivity index (χ0) is 10.7. The van der Waals surface area contributed by atoms with Crippen LogP contribution in [0.5, 0.6) is 0 Å². The first-order chi connectivity index (χ1) is 6.61. The van der Waals surface area contributed by atoms with E-state index in [1.165, 1.54) is 0 Å². The number of rotatable bonds is 4. The maximum atomic E-state index is 9.43. The summed E-state index contributed by atoms with van der Waals surface area (Å²) in [5.41, 5.74) is 0. The fourth-order valence-corrected chi connectivity index (χ4v) is 1.40. The minimum Gasteiger partial charge on any atom is -0.394 e. The first-order valence-electron chi connectivity index (χ1n) is 4.54. The molecule has 1 unspecified atom stereocenters. The maximum Gasteiger partial charge on any atom is 0.186 e. The third-order valence-electron chi connectivity index (χ3n) is 2.15. The molecule has 0 aromatic carbocycles. The third-order valence-corrected chi connectivity index (χ3v) is 2.15. The van der Waals surface area contributed by atoms with E-state index in [4.69, 9.17) is 14.6 Å². The van der Waals surface area contributed by atoms with Gasteiger partial charge in [-0.15, -0.1) is 0 Å². The Kier molecular flexibility index (Phi) is 4.24. The lowest BCUT2D eigenvalue weighted by Gasteiger charge is -2.18. The highest BCUT2D eigenvalue weighted by molar-refractivity contribution is 4.90. The van der Waals surface area contributed by atoms with Gasteiger partial charge in [-0.1, -0.05) is 0 Å². The van der Waals surface area contributed by atoms with Crippen molar-refractivity contribution in [2.45, 2.75) is 37.6 Å². The Bertz CT molecular complexity index is 173. The summed E-state index contributed by atoms with van der Waals surface area (Å²) in [6, 6.07) is 0. The van der Waals surface area contributed by atoms with Gasteiger partial charge in [0.15, 0.2) is 6.29 Å². The summed E-state index contributed by atoms with van der Waals surface area (Å²) >= 11 is 0. The van der Waals surface area contributed by atoms with Crippen LogP contribution in [0.3, 0.4) is 0 Å². The van der Waals surface area contributed by atoms with E-state index >= 15 is 0 Å². The lowest BCUT2D eigenvalue weighted by molar-refractivity contribution is -0.178. The van der Waals surface area contributed by atoms with Crippen molar-refractivity contribution in [2.75, 3.05) is 13.2 Å². The van der Waals surface area contributed by atoms with Gasteiger partial charge in [-0.05, 0) is 6.92 Å². The second-order valence-corrected chi connectivity index (χ2v) is 3.16. The summed E-state index contributed by atoms with van der Waals surface area (Å²) in [6.07, 6.45) is -5.60. The minimum atomic E-state index is -1.24. The molecule has 1 fully saturated rings. The summed E-state index contributed by atoms with van der Waals surface area (Å²) in [5, 5.41) is 36.7. The molecule has 6 heteroatoms. The summed E-state index contributed by atoms with van der Waals surface area (Å²) in [6.45, 7) is 1.52. The molecule has 0 aromatic rings. The zero-order valence-electron chi connectivity index (χ0n) is 7.91. The molecule has 1 rings (SSSR count). The van der Waals surface area contributed by atoms with Crippen molar-refractivity contribution in [3.63, 3.8) is 0 Å². The Morgan fingerprint density at radius 2 is 2.00 bits per heavy atom. The van der Waals surface area contributed by atoms with E-state index in [1.807, 2.05) is 0 Å². The second-order valence-electron chi connectivity index (χ2n) is 3.16. The molecule has 0 aliphatic carbocycles. The van der Waals surface area contributed by atoms with Crippen LogP contribution in [-0.2, 0) is 9.47 Å². The normalized spacial score (nSPS) is 40.1. The predicted molar refractivity (Wildman–Crippen MR) is 45.4 cm³/mol. The van der Waals surface area contributed by atoms with E-state index in [9.17, 15) is 15.3 Å². The van der Waals surface area contributed by atoms with Crippen LogP contribution >= 0.6 is 0 Å².